The Bertz CT molecular complexity index is 873. The standard InChI is InChI=1S/C18H20N2O5/c1-11-8-17(22)25-15-9-12(5-6-13(11)15)24-10-16(21)20-7-3-2-4-14(20)18(19)23/h5-6,8-9,14H,2-4,7,10H2,1H3,(H2,19,23). The van der Waals surface area contributed by atoms with Crippen LogP contribution in [0.4, 0.5) is 0 Å². The smallest absolute Gasteiger partial charge is 0.336 e. The Kier molecular flexibility index (Phi) is 4.74. The van der Waals surface area contributed by atoms with E-state index in [9.17, 15) is 14.4 Å². The molecule has 3 rings (SSSR count). The number of rotatable bonds is 4. The van der Waals surface area contributed by atoms with E-state index in [0.29, 0.717) is 24.3 Å². The van der Waals surface area contributed by atoms with Crippen LogP contribution in [0.2, 0.25) is 0 Å². The molecule has 7 nitrogen and oxygen atoms in total. The first-order chi connectivity index (χ1) is 12.0. The fourth-order valence-electron chi connectivity index (χ4n) is 3.15. The second-order valence-corrected chi connectivity index (χ2v) is 6.20. The van der Waals surface area contributed by atoms with E-state index >= 15 is 0 Å². The molecule has 1 saturated heterocycles. The fourth-order valence-corrected chi connectivity index (χ4v) is 3.15. The second-order valence-electron chi connectivity index (χ2n) is 6.20. The lowest BCUT2D eigenvalue weighted by atomic mass is 10.0. The lowest BCUT2D eigenvalue weighted by Crippen LogP contribution is -2.51. The third-order valence-corrected chi connectivity index (χ3v) is 4.44. The van der Waals surface area contributed by atoms with Crippen LogP contribution in [-0.4, -0.2) is 35.9 Å². The fraction of sp³-hybridized carbons (Fsp3) is 0.389. The molecule has 7 heteroatoms. The highest BCUT2D eigenvalue weighted by Crippen LogP contribution is 2.23. The summed E-state index contributed by atoms with van der Waals surface area (Å²) in [5, 5.41) is 0.808. The molecule has 0 bridgehead atoms. The van der Waals surface area contributed by atoms with Crippen LogP contribution in [0.3, 0.4) is 0 Å². The summed E-state index contributed by atoms with van der Waals surface area (Å²) >= 11 is 0. The van der Waals surface area contributed by atoms with Crippen LogP contribution in [0.1, 0.15) is 24.8 Å². The van der Waals surface area contributed by atoms with Gasteiger partial charge < -0.3 is 19.8 Å². The highest BCUT2D eigenvalue weighted by molar-refractivity contribution is 5.87. The molecule has 1 aliphatic rings. The molecule has 2 N–H and O–H groups in total. The molecule has 1 aromatic heterocycles. The number of nitrogens with zero attached hydrogens (tertiary/aromatic N) is 1. The Morgan fingerprint density at radius 2 is 2.12 bits per heavy atom. The van der Waals surface area contributed by atoms with Crippen LogP contribution in [0, 0.1) is 6.92 Å². The van der Waals surface area contributed by atoms with E-state index in [4.69, 9.17) is 14.9 Å². The second kappa shape index (κ2) is 6.96. The summed E-state index contributed by atoms with van der Waals surface area (Å²) in [5.41, 5.74) is 6.16. The number of carbonyl (C=O) groups excluding carboxylic acids is 2. The Hall–Kier alpha value is -2.83. The van der Waals surface area contributed by atoms with E-state index in [1.807, 2.05) is 6.92 Å². The predicted molar refractivity (Wildman–Crippen MR) is 91.3 cm³/mol. The molecular formula is C18H20N2O5. The lowest BCUT2D eigenvalue weighted by Gasteiger charge is -2.33. The van der Waals surface area contributed by atoms with Crippen molar-refractivity contribution in [1.29, 1.82) is 0 Å². The number of nitrogens with two attached hydrogens (primary N) is 1. The molecule has 2 amide bonds. The number of likely N-dealkylation sites (tertiary alicyclic amines) is 1. The van der Waals surface area contributed by atoms with E-state index < -0.39 is 17.6 Å². The third kappa shape index (κ3) is 3.65. The summed E-state index contributed by atoms with van der Waals surface area (Å²) in [6, 6.07) is 5.93. The van der Waals surface area contributed by atoms with E-state index in [2.05, 4.69) is 0 Å². The summed E-state index contributed by atoms with van der Waals surface area (Å²) in [4.78, 5) is 36.8. The molecule has 0 aliphatic carbocycles. The highest BCUT2D eigenvalue weighted by atomic mass is 16.5. The van der Waals surface area contributed by atoms with Crippen LogP contribution >= 0.6 is 0 Å². The van der Waals surface area contributed by atoms with Gasteiger partial charge in [0.2, 0.25) is 5.91 Å². The zero-order valence-electron chi connectivity index (χ0n) is 14.0. The molecule has 1 aliphatic heterocycles. The number of ether oxygens (including phenoxy) is 1. The zero-order chi connectivity index (χ0) is 18.0. The van der Waals surface area contributed by atoms with Gasteiger partial charge in [-0.25, -0.2) is 4.79 Å². The number of benzene rings is 1. The van der Waals surface area contributed by atoms with Gasteiger partial charge in [-0.15, -0.1) is 0 Å². The molecule has 1 fully saturated rings. The molecule has 132 valence electrons. The topological polar surface area (TPSA) is 103 Å². The summed E-state index contributed by atoms with van der Waals surface area (Å²) in [5.74, 6) is -0.354. The molecule has 0 spiro atoms. The lowest BCUT2D eigenvalue weighted by molar-refractivity contribution is -0.142. The monoisotopic (exact) mass is 344 g/mol. The zero-order valence-corrected chi connectivity index (χ0v) is 14.0. The van der Waals surface area contributed by atoms with Gasteiger partial charge in [-0.2, -0.15) is 0 Å². The van der Waals surface area contributed by atoms with Crippen molar-refractivity contribution in [1.82, 2.24) is 4.90 Å². The Morgan fingerprint density at radius 3 is 2.88 bits per heavy atom. The molecule has 1 unspecified atom stereocenters. The SMILES string of the molecule is Cc1cc(=O)oc2cc(OCC(=O)N3CCCCC3C(N)=O)ccc12. The molecule has 1 atom stereocenters. The van der Waals surface area contributed by atoms with Gasteiger partial charge in [0.1, 0.15) is 17.4 Å². The number of hydrogen-bond acceptors (Lipinski definition) is 5. The van der Waals surface area contributed by atoms with Crippen LogP contribution in [0.15, 0.2) is 33.5 Å². The van der Waals surface area contributed by atoms with Gasteiger partial charge in [-0.05, 0) is 43.9 Å². The van der Waals surface area contributed by atoms with Gasteiger partial charge in [0.25, 0.3) is 5.91 Å². The Morgan fingerprint density at radius 1 is 1.32 bits per heavy atom. The molecular weight excluding hydrogens is 324 g/mol. The first-order valence-electron chi connectivity index (χ1n) is 8.22. The van der Waals surface area contributed by atoms with E-state index in [-0.39, 0.29) is 12.5 Å². The summed E-state index contributed by atoms with van der Waals surface area (Å²) in [6.45, 7) is 2.12. The number of aryl methyl sites for hydroxylation is 1. The molecule has 2 aromatic rings. The summed E-state index contributed by atoms with van der Waals surface area (Å²) < 4.78 is 10.7. The van der Waals surface area contributed by atoms with Gasteiger partial charge in [0.15, 0.2) is 6.61 Å². The molecule has 0 radical (unpaired) electrons. The van der Waals surface area contributed by atoms with Crippen molar-refractivity contribution >= 4 is 22.8 Å². The number of fused-ring (bicyclic) bond motifs is 1. The van der Waals surface area contributed by atoms with Crippen LogP contribution in [0.25, 0.3) is 11.0 Å². The number of primary amides is 1. The van der Waals surface area contributed by atoms with Gasteiger partial charge in [0.05, 0.1) is 0 Å². The van der Waals surface area contributed by atoms with Crippen molar-refractivity contribution in [3.05, 3.63) is 40.2 Å². The quantitative estimate of drug-likeness (QED) is 0.843. The normalized spacial score (nSPS) is 17.5. The van der Waals surface area contributed by atoms with E-state index in [1.165, 1.54) is 11.0 Å². The van der Waals surface area contributed by atoms with Crippen molar-refractivity contribution < 1.29 is 18.7 Å². The number of piperidine rings is 1. The summed E-state index contributed by atoms with van der Waals surface area (Å²) in [7, 11) is 0. The predicted octanol–water partition coefficient (Wildman–Crippen LogP) is 1.35. The van der Waals surface area contributed by atoms with Crippen molar-refractivity contribution in [3.63, 3.8) is 0 Å². The van der Waals surface area contributed by atoms with E-state index in [0.717, 1.165) is 23.8 Å². The van der Waals surface area contributed by atoms with Gasteiger partial charge in [0, 0.05) is 24.1 Å². The first-order valence-corrected chi connectivity index (χ1v) is 8.22. The maximum Gasteiger partial charge on any atom is 0.336 e. The first kappa shape index (κ1) is 17.0. The molecule has 1 aromatic carbocycles. The average molecular weight is 344 g/mol. The van der Waals surface area contributed by atoms with Crippen LogP contribution in [-0.2, 0) is 9.59 Å². The largest absolute Gasteiger partial charge is 0.484 e. The minimum atomic E-state index is -0.567. The summed E-state index contributed by atoms with van der Waals surface area (Å²) in [6.07, 6.45) is 2.30. The van der Waals surface area contributed by atoms with Crippen LogP contribution < -0.4 is 16.1 Å². The molecule has 0 saturated carbocycles. The third-order valence-electron chi connectivity index (χ3n) is 4.44. The minimum absolute atomic E-state index is 0.203. The maximum absolute atomic E-state index is 12.4. The number of hydrogen-bond donors (Lipinski definition) is 1. The number of carbonyl (C=O) groups is 2. The van der Waals surface area contributed by atoms with Crippen molar-refractivity contribution in [3.8, 4) is 5.75 Å². The van der Waals surface area contributed by atoms with Gasteiger partial charge in [-0.1, -0.05) is 0 Å². The highest BCUT2D eigenvalue weighted by Gasteiger charge is 2.30. The van der Waals surface area contributed by atoms with Gasteiger partial charge in [-0.3, -0.25) is 9.59 Å². The average Bonchev–Trinajstić information content (AvgIpc) is 2.59. The number of amides is 2. The molecule has 25 heavy (non-hydrogen) atoms. The van der Waals surface area contributed by atoms with Crippen molar-refractivity contribution in [2.45, 2.75) is 32.2 Å². The van der Waals surface area contributed by atoms with E-state index in [1.54, 1.807) is 18.2 Å². The van der Waals surface area contributed by atoms with Crippen LogP contribution in [0.5, 0.6) is 5.75 Å². The van der Waals surface area contributed by atoms with Crippen molar-refractivity contribution in [2.75, 3.05) is 13.2 Å². The Balaban J connectivity index is 1.72. The minimum Gasteiger partial charge on any atom is -0.484 e. The maximum atomic E-state index is 12.4. The van der Waals surface area contributed by atoms with Gasteiger partial charge >= 0.3 is 5.63 Å². The molecule has 2 heterocycles. The van der Waals surface area contributed by atoms with Crippen molar-refractivity contribution in [2.24, 2.45) is 5.73 Å². The Labute approximate surface area is 144 Å².